The lowest BCUT2D eigenvalue weighted by Gasteiger charge is -2.10. The minimum Gasteiger partial charge on any atom is -0.397 e. The third-order valence-corrected chi connectivity index (χ3v) is 4.87. The number of para-hydroxylation sites is 2. The van der Waals surface area contributed by atoms with Crippen LogP contribution < -0.4 is 16.8 Å². The molecule has 0 fully saturated rings. The van der Waals surface area contributed by atoms with Crippen LogP contribution in [0.1, 0.15) is 36.2 Å². The molecule has 0 aliphatic rings. The monoisotopic (exact) mass is 398 g/mol. The number of carbonyl (C=O) groups is 2. The van der Waals surface area contributed by atoms with Crippen LogP contribution in [0.5, 0.6) is 0 Å². The first-order valence-electron chi connectivity index (χ1n) is 9.18. The van der Waals surface area contributed by atoms with Gasteiger partial charge in [0, 0.05) is 28.9 Å². The summed E-state index contributed by atoms with van der Waals surface area (Å²) in [6, 6.07) is 14.5. The number of carbonyl (C=O) groups excluding carboxylic acids is 2. The van der Waals surface area contributed by atoms with Crippen LogP contribution in [0, 0.1) is 0 Å². The Hall–Kier alpha value is -2.99. The van der Waals surface area contributed by atoms with Crippen molar-refractivity contribution in [1.82, 2.24) is 4.57 Å². The molecule has 2 amide bonds. The molecule has 0 radical (unpaired) electrons. The molecule has 1 aromatic heterocycles. The summed E-state index contributed by atoms with van der Waals surface area (Å²) in [5.74, 6) is -0.524. The van der Waals surface area contributed by atoms with Crippen molar-refractivity contribution in [3.05, 3.63) is 59.2 Å². The third-order valence-electron chi connectivity index (χ3n) is 4.64. The molecule has 3 aromatic rings. The summed E-state index contributed by atoms with van der Waals surface area (Å²) in [5.41, 5.74) is 13.9. The molecule has 0 aliphatic heterocycles. The van der Waals surface area contributed by atoms with E-state index in [1.807, 2.05) is 28.8 Å². The number of primary amides is 1. The van der Waals surface area contributed by atoms with E-state index in [9.17, 15) is 9.59 Å². The number of anilines is 2. The lowest BCUT2D eigenvalue weighted by molar-refractivity contribution is -0.116. The molecule has 2 aromatic carbocycles. The Morgan fingerprint density at radius 3 is 2.57 bits per heavy atom. The fourth-order valence-electron chi connectivity index (χ4n) is 3.24. The summed E-state index contributed by atoms with van der Waals surface area (Å²) in [6.07, 6.45) is 2.84. The van der Waals surface area contributed by atoms with Crippen molar-refractivity contribution >= 4 is 45.7 Å². The summed E-state index contributed by atoms with van der Waals surface area (Å²) in [6.45, 7) is 0.649. The first-order valence-corrected chi connectivity index (χ1v) is 9.56. The number of nitrogens with one attached hydrogen (secondary N) is 1. The summed E-state index contributed by atoms with van der Waals surface area (Å²) in [5, 5.41) is 4.33. The zero-order valence-electron chi connectivity index (χ0n) is 15.5. The second kappa shape index (κ2) is 8.80. The predicted octanol–water partition coefficient (Wildman–Crippen LogP) is 4.17. The van der Waals surface area contributed by atoms with Gasteiger partial charge in [-0.2, -0.15) is 0 Å². The van der Waals surface area contributed by atoms with Gasteiger partial charge in [-0.3, -0.25) is 9.59 Å². The van der Waals surface area contributed by atoms with E-state index < -0.39 is 5.91 Å². The zero-order valence-corrected chi connectivity index (χ0v) is 16.2. The van der Waals surface area contributed by atoms with Crippen LogP contribution in [0.3, 0.4) is 0 Å². The van der Waals surface area contributed by atoms with Crippen LogP contribution in [0.15, 0.2) is 48.5 Å². The van der Waals surface area contributed by atoms with Crippen molar-refractivity contribution in [3.8, 4) is 0 Å². The molecule has 6 nitrogen and oxygen atoms in total. The van der Waals surface area contributed by atoms with Gasteiger partial charge in [-0.15, -0.1) is 0 Å². The van der Waals surface area contributed by atoms with Gasteiger partial charge in [0.2, 0.25) is 5.91 Å². The number of fused-ring (bicyclic) bond motifs is 1. The minimum absolute atomic E-state index is 0.0585. The highest BCUT2D eigenvalue weighted by Gasteiger charge is 2.13. The van der Waals surface area contributed by atoms with E-state index in [0.29, 0.717) is 35.1 Å². The van der Waals surface area contributed by atoms with Crippen LogP contribution >= 0.6 is 11.6 Å². The van der Waals surface area contributed by atoms with E-state index in [2.05, 4.69) is 5.32 Å². The number of aromatic nitrogens is 1. The fraction of sp³-hybridized carbons (Fsp3) is 0.238. The molecule has 5 N–H and O–H groups in total. The smallest absolute Gasteiger partial charge is 0.265 e. The van der Waals surface area contributed by atoms with Crippen LogP contribution in [0.25, 0.3) is 10.9 Å². The average molecular weight is 399 g/mol. The maximum atomic E-state index is 12.1. The van der Waals surface area contributed by atoms with E-state index in [0.717, 1.165) is 30.2 Å². The molecular formula is C21H23ClN4O2. The summed E-state index contributed by atoms with van der Waals surface area (Å²) in [4.78, 5) is 23.8. The van der Waals surface area contributed by atoms with E-state index in [1.54, 1.807) is 24.3 Å². The summed E-state index contributed by atoms with van der Waals surface area (Å²) >= 11 is 6.03. The van der Waals surface area contributed by atoms with Gasteiger partial charge in [0.05, 0.1) is 11.4 Å². The topological polar surface area (TPSA) is 103 Å². The number of rotatable bonds is 8. The average Bonchev–Trinajstić information content (AvgIpc) is 3.01. The van der Waals surface area contributed by atoms with Crippen molar-refractivity contribution in [2.24, 2.45) is 5.73 Å². The van der Waals surface area contributed by atoms with Crippen molar-refractivity contribution < 1.29 is 9.59 Å². The number of benzene rings is 2. The van der Waals surface area contributed by atoms with E-state index in [4.69, 9.17) is 23.1 Å². The lowest BCUT2D eigenvalue weighted by atomic mass is 10.1. The molecule has 0 saturated carbocycles. The first-order chi connectivity index (χ1) is 13.5. The van der Waals surface area contributed by atoms with Crippen LogP contribution in [0.2, 0.25) is 5.02 Å². The molecule has 28 heavy (non-hydrogen) atoms. The van der Waals surface area contributed by atoms with Crippen molar-refractivity contribution in [3.63, 3.8) is 0 Å². The van der Waals surface area contributed by atoms with Crippen LogP contribution in [0.4, 0.5) is 11.4 Å². The molecule has 0 spiro atoms. The van der Waals surface area contributed by atoms with Gasteiger partial charge in [-0.1, -0.05) is 30.2 Å². The molecule has 3 rings (SSSR count). The maximum absolute atomic E-state index is 12.1. The number of hydrogen-bond acceptors (Lipinski definition) is 3. The third kappa shape index (κ3) is 4.64. The van der Waals surface area contributed by atoms with Gasteiger partial charge in [0.25, 0.3) is 5.91 Å². The Morgan fingerprint density at radius 1 is 1.04 bits per heavy atom. The van der Waals surface area contributed by atoms with Crippen LogP contribution in [-0.2, 0) is 11.3 Å². The Balaban J connectivity index is 1.53. The molecule has 1 heterocycles. The maximum Gasteiger partial charge on any atom is 0.265 e. The highest BCUT2D eigenvalue weighted by molar-refractivity contribution is 6.31. The van der Waals surface area contributed by atoms with Gasteiger partial charge in [0.15, 0.2) is 0 Å². The second-order valence-electron chi connectivity index (χ2n) is 6.69. The predicted molar refractivity (Wildman–Crippen MR) is 113 cm³/mol. The highest BCUT2D eigenvalue weighted by Crippen LogP contribution is 2.24. The molecule has 0 aliphatic carbocycles. The molecule has 0 bridgehead atoms. The number of nitrogen functional groups attached to an aromatic ring is 1. The molecular weight excluding hydrogens is 376 g/mol. The van der Waals surface area contributed by atoms with Crippen molar-refractivity contribution in [2.45, 2.75) is 32.2 Å². The minimum atomic E-state index is -0.466. The molecule has 146 valence electrons. The molecule has 0 unspecified atom stereocenters. The van der Waals surface area contributed by atoms with Gasteiger partial charge in [-0.05, 0) is 49.2 Å². The normalized spacial score (nSPS) is 10.9. The van der Waals surface area contributed by atoms with Gasteiger partial charge in [0.1, 0.15) is 5.69 Å². The highest BCUT2D eigenvalue weighted by atomic mass is 35.5. The van der Waals surface area contributed by atoms with Crippen molar-refractivity contribution in [1.29, 1.82) is 0 Å². The molecule has 0 saturated heterocycles. The quantitative estimate of drug-likeness (QED) is 0.391. The first kappa shape index (κ1) is 19.8. The summed E-state index contributed by atoms with van der Waals surface area (Å²) < 4.78 is 1.92. The van der Waals surface area contributed by atoms with E-state index in [-0.39, 0.29) is 5.91 Å². The fourth-order valence-corrected chi connectivity index (χ4v) is 3.42. The number of unbranched alkanes of at least 4 members (excludes halogenated alkanes) is 2. The SMILES string of the molecule is NC(=O)c1cc2cc(Cl)ccc2n1CCCCCC(=O)Nc1ccccc1N. The lowest BCUT2D eigenvalue weighted by Crippen LogP contribution is -2.17. The standard InChI is InChI=1S/C21H23ClN4O2/c22-15-9-10-18-14(12-15)13-19(21(24)28)26(18)11-5-1-2-8-20(27)25-17-7-4-3-6-16(17)23/h3-4,6-7,9-10,12-13H,1-2,5,8,11,23H2,(H2,24,28)(H,25,27). The Bertz CT molecular complexity index is 1010. The summed E-state index contributed by atoms with van der Waals surface area (Å²) in [7, 11) is 0. The van der Waals surface area contributed by atoms with Gasteiger partial charge >= 0.3 is 0 Å². The second-order valence-corrected chi connectivity index (χ2v) is 7.13. The van der Waals surface area contributed by atoms with E-state index >= 15 is 0 Å². The van der Waals surface area contributed by atoms with Gasteiger partial charge < -0.3 is 21.4 Å². The number of hydrogen-bond donors (Lipinski definition) is 3. The number of amides is 2. The number of nitrogens with two attached hydrogens (primary N) is 2. The zero-order chi connectivity index (χ0) is 20.1. The Kier molecular flexibility index (Phi) is 6.21. The molecule has 0 atom stereocenters. The Morgan fingerprint density at radius 2 is 1.82 bits per heavy atom. The molecule has 7 heteroatoms. The Labute approximate surface area is 168 Å². The van der Waals surface area contributed by atoms with E-state index in [1.165, 1.54) is 0 Å². The van der Waals surface area contributed by atoms with Gasteiger partial charge in [-0.25, -0.2) is 0 Å². The number of aryl methyl sites for hydroxylation is 1. The number of halogens is 1. The van der Waals surface area contributed by atoms with Crippen LogP contribution in [-0.4, -0.2) is 16.4 Å². The largest absolute Gasteiger partial charge is 0.397 e. The number of nitrogens with zero attached hydrogens (tertiary/aromatic N) is 1. The van der Waals surface area contributed by atoms with Crippen molar-refractivity contribution in [2.75, 3.05) is 11.1 Å².